The molecule has 2 rings (SSSR count). The van der Waals surface area contributed by atoms with Gasteiger partial charge in [-0.15, -0.1) is 0 Å². The molecule has 2 heterocycles. The molecular weight excluding hydrogens is 216 g/mol. The van der Waals surface area contributed by atoms with Gasteiger partial charge in [0.2, 0.25) is 5.88 Å². The van der Waals surface area contributed by atoms with Crippen molar-refractivity contribution in [1.29, 1.82) is 0 Å². The van der Waals surface area contributed by atoms with E-state index in [1.54, 1.807) is 13.3 Å². The largest absolute Gasteiger partial charge is 0.480 e. The Kier molecular flexibility index (Phi) is 4.14. The van der Waals surface area contributed by atoms with E-state index in [0.717, 1.165) is 31.7 Å². The molecule has 1 atom stereocenters. The van der Waals surface area contributed by atoms with Gasteiger partial charge in [0.15, 0.2) is 5.82 Å². The molecule has 0 amide bonds. The molecule has 1 saturated heterocycles. The Morgan fingerprint density at radius 1 is 1.53 bits per heavy atom. The number of ether oxygens (including phenoxy) is 1. The molecule has 5 heteroatoms. The molecule has 94 valence electrons. The molecule has 1 aliphatic heterocycles. The molecule has 0 spiro atoms. The fourth-order valence-corrected chi connectivity index (χ4v) is 2.37. The first-order valence-electron chi connectivity index (χ1n) is 6.18. The predicted octanol–water partition coefficient (Wildman–Crippen LogP) is 1.19. The SMILES string of the molecule is COc1cncc(N2CCCC2CCCN)n1. The monoisotopic (exact) mass is 236 g/mol. The second-order valence-corrected chi connectivity index (χ2v) is 4.34. The summed E-state index contributed by atoms with van der Waals surface area (Å²) in [6.45, 7) is 1.81. The highest BCUT2D eigenvalue weighted by molar-refractivity contribution is 5.40. The number of nitrogens with two attached hydrogens (primary N) is 1. The van der Waals surface area contributed by atoms with Crippen molar-refractivity contribution >= 4 is 5.82 Å². The highest BCUT2D eigenvalue weighted by Crippen LogP contribution is 2.26. The second-order valence-electron chi connectivity index (χ2n) is 4.34. The summed E-state index contributed by atoms with van der Waals surface area (Å²) in [6.07, 6.45) is 8.08. The summed E-state index contributed by atoms with van der Waals surface area (Å²) in [5.41, 5.74) is 5.57. The van der Waals surface area contributed by atoms with E-state index in [1.165, 1.54) is 12.8 Å². The van der Waals surface area contributed by atoms with E-state index in [4.69, 9.17) is 10.5 Å². The van der Waals surface area contributed by atoms with Gasteiger partial charge in [0.1, 0.15) is 0 Å². The molecule has 0 aromatic carbocycles. The number of nitrogens with zero attached hydrogens (tertiary/aromatic N) is 3. The van der Waals surface area contributed by atoms with Gasteiger partial charge < -0.3 is 15.4 Å². The van der Waals surface area contributed by atoms with Crippen LogP contribution in [0.3, 0.4) is 0 Å². The van der Waals surface area contributed by atoms with E-state index in [9.17, 15) is 0 Å². The zero-order valence-corrected chi connectivity index (χ0v) is 10.3. The van der Waals surface area contributed by atoms with Crippen LogP contribution >= 0.6 is 0 Å². The minimum Gasteiger partial charge on any atom is -0.480 e. The maximum Gasteiger partial charge on any atom is 0.233 e. The average molecular weight is 236 g/mol. The topological polar surface area (TPSA) is 64.3 Å². The lowest BCUT2D eigenvalue weighted by atomic mass is 10.1. The summed E-state index contributed by atoms with van der Waals surface area (Å²) in [6, 6.07) is 0.556. The summed E-state index contributed by atoms with van der Waals surface area (Å²) in [4.78, 5) is 10.9. The van der Waals surface area contributed by atoms with Crippen LogP contribution in [0.15, 0.2) is 12.4 Å². The van der Waals surface area contributed by atoms with Crippen LogP contribution in [0.4, 0.5) is 5.82 Å². The molecule has 0 radical (unpaired) electrons. The number of hydrogen-bond acceptors (Lipinski definition) is 5. The lowest BCUT2D eigenvalue weighted by Crippen LogP contribution is -2.30. The van der Waals surface area contributed by atoms with Crippen LogP contribution < -0.4 is 15.4 Å². The summed E-state index contributed by atoms with van der Waals surface area (Å²) in [7, 11) is 1.61. The summed E-state index contributed by atoms with van der Waals surface area (Å²) in [5.74, 6) is 1.50. The number of methoxy groups -OCH3 is 1. The smallest absolute Gasteiger partial charge is 0.233 e. The maximum absolute atomic E-state index is 5.57. The quantitative estimate of drug-likeness (QED) is 0.832. The molecule has 1 aromatic heterocycles. The summed E-state index contributed by atoms with van der Waals surface area (Å²) < 4.78 is 5.11. The van der Waals surface area contributed by atoms with Crippen molar-refractivity contribution in [3.8, 4) is 5.88 Å². The number of hydrogen-bond donors (Lipinski definition) is 1. The summed E-state index contributed by atoms with van der Waals surface area (Å²) >= 11 is 0. The molecule has 2 N–H and O–H groups in total. The molecule has 1 unspecified atom stereocenters. The lowest BCUT2D eigenvalue weighted by Gasteiger charge is -2.25. The van der Waals surface area contributed by atoms with E-state index < -0.39 is 0 Å². The summed E-state index contributed by atoms with van der Waals surface area (Å²) in [5, 5.41) is 0. The molecule has 1 aromatic rings. The van der Waals surface area contributed by atoms with Crippen LogP contribution in [-0.4, -0.2) is 36.2 Å². The molecule has 0 saturated carbocycles. The van der Waals surface area contributed by atoms with Crippen LogP contribution in [0.5, 0.6) is 5.88 Å². The molecule has 0 bridgehead atoms. The van der Waals surface area contributed by atoms with Gasteiger partial charge in [-0.1, -0.05) is 0 Å². The normalized spacial score (nSPS) is 19.6. The van der Waals surface area contributed by atoms with Crippen LogP contribution in [0.2, 0.25) is 0 Å². The standard InChI is InChI=1S/C12H20N4O/c1-17-12-9-14-8-11(15-12)16-7-3-5-10(16)4-2-6-13/h8-10H,2-7,13H2,1H3. The Hall–Kier alpha value is -1.36. The zero-order valence-electron chi connectivity index (χ0n) is 10.3. The van der Waals surface area contributed by atoms with Crippen molar-refractivity contribution < 1.29 is 4.74 Å². The fourth-order valence-electron chi connectivity index (χ4n) is 2.37. The van der Waals surface area contributed by atoms with Gasteiger partial charge in [-0.05, 0) is 32.2 Å². The Morgan fingerprint density at radius 3 is 3.18 bits per heavy atom. The van der Waals surface area contributed by atoms with Gasteiger partial charge in [-0.2, -0.15) is 4.98 Å². The third-order valence-electron chi connectivity index (χ3n) is 3.22. The van der Waals surface area contributed by atoms with E-state index in [0.29, 0.717) is 11.9 Å². The number of rotatable bonds is 5. The van der Waals surface area contributed by atoms with Crippen molar-refractivity contribution in [2.45, 2.75) is 31.7 Å². The van der Waals surface area contributed by atoms with Crippen LogP contribution in [0, 0.1) is 0 Å². The van der Waals surface area contributed by atoms with E-state index in [-0.39, 0.29) is 0 Å². The Bertz CT molecular complexity index is 358. The Morgan fingerprint density at radius 2 is 2.41 bits per heavy atom. The molecule has 0 aliphatic carbocycles. The van der Waals surface area contributed by atoms with E-state index >= 15 is 0 Å². The molecule has 1 fully saturated rings. The van der Waals surface area contributed by atoms with Crippen molar-refractivity contribution in [2.75, 3.05) is 25.1 Å². The first-order chi connectivity index (χ1) is 8.35. The van der Waals surface area contributed by atoms with Gasteiger partial charge in [0.05, 0.1) is 19.5 Å². The van der Waals surface area contributed by atoms with Crippen molar-refractivity contribution in [3.05, 3.63) is 12.4 Å². The highest BCUT2D eigenvalue weighted by Gasteiger charge is 2.25. The number of anilines is 1. The second kappa shape index (κ2) is 5.82. The molecule has 1 aliphatic rings. The van der Waals surface area contributed by atoms with Crippen molar-refractivity contribution in [3.63, 3.8) is 0 Å². The van der Waals surface area contributed by atoms with Crippen molar-refractivity contribution in [1.82, 2.24) is 9.97 Å². The highest BCUT2D eigenvalue weighted by atomic mass is 16.5. The average Bonchev–Trinajstić information content (AvgIpc) is 2.84. The maximum atomic E-state index is 5.57. The van der Waals surface area contributed by atoms with E-state index in [2.05, 4.69) is 14.9 Å². The number of aromatic nitrogens is 2. The third kappa shape index (κ3) is 2.85. The molecule has 17 heavy (non-hydrogen) atoms. The van der Waals surface area contributed by atoms with Gasteiger partial charge >= 0.3 is 0 Å². The predicted molar refractivity (Wildman–Crippen MR) is 67.2 cm³/mol. The van der Waals surface area contributed by atoms with Gasteiger partial charge in [0.25, 0.3) is 0 Å². The molecular formula is C12H20N4O. The van der Waals surface area contributed by atoms with Crippen LogP contribution in [0.1, 0.15) is 25.7 Å². The molecule has 5 nitrogen and oxygen atoms in total. The van der Waals surface area contributed by atoms with Gasteiger partial charge in [0, 0.05) is 12.6 Å². The first kappa shape index (κ1) is 12.1. The Balaban J connectivity index is 2.08. The van der Waals surface area contributed by atoms with Gasteiger partial charge in [-0.25, -0.2) is 0 Å². The van der Waals surface area contributed by atoms with Gasteiger partial charge in [-0.3, -0.25) is 4.98 Å². The third-order valence-corrected chi connectivity index (χ3v) is 3.22. The minimum atomic E-state index is 0.556. The van der Waals surface area contributed by atoms with Crippen molar-refractivity contribution in [2.24, 2.45) is 5.73 Å². The Labute approximate surface area is 102 Å². The lowest BCUT2D eigenvalue weighted by molar-refractivity contribution is 0.395. The zero-order chi connectivity index (χ0) is 12.1. The first-order valence-corrected chi connectivity index (χ1v) is 6.18. The van der Waals surface area contributed by atoms with Crippen LogP contribution in [0.25, 0.3) is 0 Å². The van der Waals surface area contributed by atoms with Crippen LogP contribution in [-0.2, 0) is 0 Å². The minimum absolute atomic E-state index is 0.556. The van der Waals surface area contributed by atoms with E-state index in [1.807, 2.05) is 6.20 Å². The fraction of sp³-hybridized carbons (Fsp3) is 0.667.